The van der Waals surface area contributed by atoms with Gasteiger partial charge in [-0.2, -0.15) is 5.26 Å². The average molecular weight is 573 g/mol. The van der Waals surface area contributed by atoms with E-state index in [1.54, 1.807) is 24.3 Å². The van der Waals surface area contributed by atoms with E-state index in [0.29, 0.717) is 35.1 Å². The Balaban J connectivity index is 1.19. The Bertz CT molecular complexity index is 1480. The van der Waals surface area contributed by atoms with Crippen molar-refractivity contribution < 1.29 is 29.3 Å². The Labute approximate surface area is 246 Å². The van der Waals surface area contributed by atoms with Crippen LogP contribution in [0.25, 0.3) is 5.57 Å². The molecule has 222 valence electrons. The molecular weight excluding hydrogens is 532 g/mol. The molecule has 42 heavy (non-hydrogen) atoms. The van der Waals surface area contributed by atoms with Gasteiger partial charge in [-0.3, -0.25) is 4.79 Å². The molecule has 3 saturated carbocycles. The highest BCUT2D eigenvalue weighted by Crippen LogP contribution is 2.73. The predicted molar refractivity (Wildman–Crippen MR) is 152 cm³/mol. The van der Waals surface area contributed by atoms with E-state index in [1.165, 1.54) is 0 Å². The molecular formula is C34H40N2O6. The molecule has 4 aliphatic carbocycles. The maximum absolute atomic E-state index is 14.5. The zero-order chi connectivity index (χ0) is 29.8. The molecule has 0 bridgehead atoms. The van der Waals surface area contributed by atoms with E-state index < -0.39 is 23.1 Å². The van der Waals surface area contributed by atoms with Crippen molar-refractivity contribution in [1.82, 2.24) is 4.98 Å². The van der Waals surface area contributed by atoms with Gasteiger partial charge in [0, 0.05) is 12.0 Å². The van der Waals surface area contributed by atoms with Crippen LogP contribution in [0.1, 0.15) is 77.6 Å². The van der Waals surface area contributed by atoms with Crippen LogP contribution in [0.15, 0.2) is 35.4 Å². The average Bonchev–Trinajstić information content (AvgIpc) is 3.61. The molecule has 8 heteroatoms. The molecule has 0 radical (unpaired) electrons. The second-order valence-electron chi connectivity index (χ2n) is 14.2. The zero-order valence-electron chi connectivity index (χ0n) is 24.8. The SMILES string of the molecule is CC1=C(CO)C(=O)O[C@@H]([C@@H](C)[C@H]2CC[C@H]3[C@@H]4C[C@H]5O[C@]56[C@@H](O)C=C(c5cccc(C#N)n5)C(=O)[C@]6(C)[C@H]4CC[C@]23C)C1. The van der Waals surface area contributed by atoms with E-state index in [4.69, 9.17) is 9.47 Å². The van der Waals surface area contributed by atoms with E-state index in [1.807, 2.05) is 13.8 Å². The number of cyclic esters (lactones) is 1. The lowest BCUT2D eigenvalue weighted by atomic mass is 9.43. The van der Waals surface area contributed by atoms with Crippen LogP contribution in [0, 0.1) is 51.8 Å². The lowest BCUT2D eigenvalue weighted by Crippen LogP contribution is -2.64. The number of aliphatic hydroxyl groups is 2. The summed E-state index contributed by atoms with van der Waals surface area (Å²) in [6, 6.07) is 7.14. The predicted octanol–water partition coefficient (Wildman–Crippen LogP) is 4.15. The molecule has 7 rings (SSSR count). The Hall–Kier alpha value is -2.86. The lowest BCUT2D eigenvalue weighted by molar-refractivity contribution is -0.155. The summed E-state index contributed by atoms with van der Waals surface area (Å²) < 4.78 is 12.3. The highest BCUT2D eigenvalue weighted by molar-refractivity contribution is 6.24. The maximum Gasteiger partial charge on any atom is 0.336 e. The fourth-order valence-electron chi connectivity index (χ4n) is 10.7. The number of pyridine rings is 1. The van der Waals surface area contributed by atoms with Crippen LogP contribution < -0.4 is 0 Å². The third kappa shape index (κ3) is 3.48. The van der Waals surface area contributed by atoms with Gasteiger partial charge < -0.3 is 19.7 Å². The lowest BCUT2D eigenvalue weighted by Gasteiger charge is -2.58. The van der Waals surface area contributed by atoms with E-state index in [9.17, 15) is 25.1 Å². The number of epoxide rings is 1. The molecule has 0 amide bonds. The molecule has 1 saturated heterocycles. The van der Waals surface area contributed by atoms with Crippen LogP contribution in [0.4, 0.5) is 0 Å². The molecule has 3 heterocycles. The normalized spacial score (nSPS) is 44.6. The van der Waals surface area contributed by atoms with Crippen molar-refractivity contribution in [3.05, 3.63) is 46.8 Å². The molecule has 4 fully saturated rings. The molecule has 2 aliphatic heterocycles. The number of hydrogen-bond donors (Lipinski definition) is 2. The van der Waals surface area contributed by atoms with Gasteiger partial charge in [0.25, 0.3) is 0 Å². The quantitative estimate of drug-likeness (QED) is 0.406. The van der Waals surface area contributed by atoms with Crippen LogP contribution >= 0.6 is 0 Å². The standard InChI is InChI=1S/C34H40N2O6/c1-17-12-27(41-31(40)22(17)16-37)18(2)23-8-9-24-20-14-29-34(42-29)28(38)13-21(26-7-5-6-19(15-35)36-26)30(39)33(34,4)25(20)10-11-32(23,24)3/h5-7,13,18,20,23-25,27-29,37-38H,8-12,14,16H2,1-4H3/t18-,20-,23+,24-,25-,27+,28-,29+,32+,33-,34+/m0/s1. The summed E-state index contributed by atoms with van der Waals surface area (Å²) in [6.07, 6.45) is 5.77. The van der Waals surface area contributed by atoms with Crippen LogP contribution in [-0.2, 0) is 19.1 Å². The monoisotopic (exact) mass is 572 g/mol. The number of ether oxygens (including phenoxy) is 2. The summed E-state index contributed by atoms with van der Waals surface area (Å²) in [6.45, 7) is 8.28. The number of nitrogens with zero attached hydrogens (tertiary/aromatic N) is 2. The van der Waals surface area contributed by atoms with E-state index in [2.05, 4.69) is 24.9 Å². The number of esters is 1. The fourth-order valence-corrected chi connectivity index (χ4v) is 10.7. The number of allylic oxidation sites excluding steroid dienone is 1. The van der Waals surface area contributed by atoms with Crippen molar-refractivity contribution in [2.75, 3.05) is 6.61 Å². The number of ketones is 1. The zero-order valence-corrected chi connectivity index (χ0v) is 24.8. The molecule has 1 aromatic rings. The number of hydrogen-bond acceptors (Lipinski definition) is 8. The largest absolute Gasteiger partial charge is 0.458 e. The number of rotatable bonds is 4. The highest BCUT2D eigenvalue weighted by Gasteiger charge is 2.81. The van der Waals surface area contributed by atoms with Crippen molar-refractivity contribution in [2.24, 2.45) is 40.4 Å². The smallest absolute Gasteiger partial charge is 0.336 e. The first-order chi connectivity index (χ1) is 20.0. The molecule has 1 spiro atoms. The minimum absolute atomic E-state index is 0.0322. The molecule has 0 unspecified atom stereocenters. The van der Waals surface area contributed by atoms with E-state index >= 15 is 0 Å². The van der Waals surface area contributed by atoms with Crippen molar-refractivity contribution in [2.45, 2.75) is 90.1 Å². The van der Waals surface area contributed by atoms with Crippen LogP contribution in [0.5, 0.6) is 0 Å². The minimum Gasteiger partial charge on any atom is -0.458 e. The van der Waals surface area contributed by atoms with Gasteiger partial charge in [0.15, 0.2) is 5.78 Å². The number of Topliss-reactive ketones (excluding diaryl/α,β-unsaturated/α-hetero) is 1. The fraction of sp³-hybridized carbons (Fsp3) is 0.647. The van der Waals surface area contributed by atoms with Gasteiger partial charge in [0.2, 0.25) is 0 Å². The van der Waals surface area contributed by atoms with Gasteiger partial charge in [-0.15, -0.1) is 0 Å². The minimum atomic E-state index is -0.917. The second-order valence-corrected chi connectivity index (χ2v) is 14.2. The van der Waals surface area contributed by atoms with Gasteiger partial charge in [-0.05, 0) is 99.2 Å². The van der Waals surface area contributed by atoms with Crippen LogP contribution in [0.2, 0.25) is 0 Å². The number of carbonyl (C=O) groups is 2. The summed E-state index contributed by atoms with van der Waals surface area (Å²) in [5, 5.41) is 30.5. The number of carbonyl (C=O) groups excluding carboxylic acids is 2. The van der Waals surface area contributed by atoms with Gasteiger partial charge in [0.05, 0.1) is 29.4 Å². The topological polar surface area (TPSA) is 133 Å². The van der Waals surface area contributed by atoms with Crippen LogP contribution in [-0.4, -0.2) is 57.5 Å². The molecule has 0 aromatic carbocycles. The molecule has 8 nitrogen and oxygen atoms in total. The van der Waals surface area contributed by atoms with Gasteiger partial charge >= 0.3 is 5.97 Å². The third-order valence-electron chi connectivity index (χ3n) is 12.8. The summed E-state index contributed by atoms with van der Waals surface area (Å²) in [7, 11) is 0. The molecule has 11 atom stereocenters. The molecule has 2 N–H and O–H groups in total. The summed E-state index contributed by atoms with van der Waals surface area (Å²) in [5.41, 5.74) is 0.629. The number of fused-ring (bicyclic) bond motifs is 4. The van der Waals surface area contributed by atoms with E-state index in [-0.39, 0.29) is 53.5 Å². The van der Waals surface area contributed by atoms with Crippen molar-refractivity contribution in [3.63, 3.8) is 0 Å². The first-order valence-electron chi connectivity index (χ1n) is 15.5. The Morgan fingerprint density at radius 3 is 2.69 bits per heavy atom. The van der Waals surface area contributed by atoms with Crippen LogP contribution in [0.3, 0.4) is 0 Å². The first kappa shape index (κ1) is 27.9. The first-order valence-corrected chi connectivity index (χ1v) is 15.5. The van der Waals surface area contributed by atoms with Crippen molar-refractivity contribution in [3.8, 4) is 6.07 Å². The summed E-state index contributed by atoms with van der Waals surface area (Å²) >= 11 is 0. The maximum atomic E-state index is 14.5. The Morgan fingerprint density at radius 1 is 1.19 bits per heavy atom. The van der Waals surface area contributed by atoms with Gasteiger partial charge in [0.1, 0.15) is 29.6 Å². The third-order valence-corrected chi connectivity index (χ3v) is 12.8. The van der Waals surface area contributed by atoms with Crippen molar-refractivity contribution >= 4 is 17.3 Å². The summed E-state index contributed by atoms with van der Waals surface area (Å²) in [4.78, 5) is 31.6. The summed E-state index contributed by atoms with van der Waals surface area (Å²) in [5.74, 6) is 0.899. The molecule has 6 aliphatic rings. The Morgan fingerprint density at radius 2 is 1.98 bits per heavy atom. The highest BCUT2D eigenvalue weighted by atomic mass is 16.6. The van der Waals surface area contributed by atoms with E-state index in [0.717, 1.165) is 37.7 Å². The molecule has 1 aromatic heterocycles. The number of nitriles is 1. The van der Waals surface area contributed by atoms with Crippen molar-refractivity contribution in [1.29, 1.82) is 5.26 Å². The number of aliphatic hydroxyl groups excluding tert-OH is 2. The number of aromatic nitrogens is 1. The second kappa shape index (κ2) is 9.32. The van der Waals surface area contributed by atoms with Gasteiger partial charge in [-0.1, -0.05) is 25.5 Å². The Kier molecular flexibility index (Phi) is 6.20. The van der Waals surface area contributed by atoms with Gasteiger partial charge in [-0.25, -0.2) is 9.78 Å².